The number of alkyl halides is 6. The molecule has 15 nitrogen and oxygen atoms in total. The normalized spacial score (nSPS) is 11.8. The number of hydrogen-bond donors (Lipinski definition) is 5. The Labute approximate surface area is 346 Å². The van der Waals surface area contributed by atoms with Crippen molar-refractivity contribution in [2.75, 3.05) is 0 Å². The van der Waals surface area contributed by atoms with Crippen molar-refractivity contribution in [3.05, 3.63) is 130 Å². The second-order valence-electron chi connectivity index (χ2n) is 11.3. The minimum absolute atomic E-state index is 0. The molecule has 0 fully saturated rings. The van der Waals surface area contributed by atoms with Crippen LogP contribution in [0.2, 0.25) is 0 Å². The molecular formula is C35H25F6N8NaO7S. The molecule has 0 aliphatic heterocycles. The zero-order chi connectivity index (χ0) is 40.9. The molecule has 296 valence electrons. The van der Waals surface area contributed by atoms with Gasteiger partial charge in [-0.3, -0.25) is 20.1 Å². The van der Waals surface area contributed by atoms with E-state index in [4.69, 9.17) is 9.96 Å². The Morgan fingerprint density at radius 1 is 0.724 bits per heavy atom. The summed E-state index contributed by atoms with van der Waals surface area (Å²) in [4.78, 5) is 11.4. The molecule has 0 spiro atoms. The van der Waals surface area contributed by atoms with Gasteiger partial charge in [0.15, 0.2) is 5.69 Å². The molecule has 7 rings (SSSR count). The third-order valence-electron chi connectivity index (χ3n) is 7.63. The molecule has 0 aliphatic rings. The zero-order valence-electron chi connectivity index (χ0n) is 29.3. The van der Waals surface area contributed by atoms with Gasteiger partial charge in [0, 0.05) is 27.6 Å². The summed E-state index contributed by atoms with van der Waals surface area (Å²) in [5, 5.41) is 54.7. The summed E-state index contributed by atoms with van der Waals surface area (Å²) in [5.74, 6) is 0.144. The molecule has 1 aromatic heterocycles. The second-order valence-corrected chi connectivity index (χ2v) is 12.2. The first-order chi connectivity index (χ1) is 26.3. The Morgan fingerprint density at radius 2 is 1.17 bits per heavy atom. The Bertz CT molecular complexity index is 2670. The van der Waals surface area contributed by atoms with Crippen LogP contribution in [0.4, 0.5) is 43.4 Å². The maximum absolute atomic E-state index is 12.8. The Hall–Kier alpha value is -6.04. The number of nitro groups is 1. The third kappa shape index (κ3) is 10.9. The molecule has 23 heteroatoms. The number of azo groups is 1. The van der Waals surface area contributed by atoms with Crippen LogP contribution in [0.5, 0.6) is 11.5 Å². The molecular weight excluding hydrogens is 813 g/mol. The number of halogens is 6. The van der Waals surface area contributed by atoms with Gasteiger partial charge in [-0.05, 0) is 54.6 Å². The van der Waals surface area contributed by atoms with E-state index in [0.29, 0.717) is 50.6 Å². The average Bonchev–Trinajstić information content (AvgIpc) is 3.58. The number of nitrogens with zero attached hydrogens (tertiary/aromatic N) is 6. The molecule has 0 aliphatic carbocycles. The number of rotatable bonds is 4. The number of benzene rings is 6. The van der Waals surface area contributed by atoms with Gasteiger partial charge in [0.1, 0.15) is 22.5 Å². The number of nitrogens with two attached hydrogens (primary N) is 1. The molecule has 1 unspecified atom stereocenters. The maximum Gasteiger partial charge on any atom is 1.00 e. The fourth-order valence-electron chi connectivity index (χ4n) is 5.03. The van der Waals surface area contributed by atoms with Crippen molar-refractivity contribution in [2.45, 2.75) is 12.4 Å². The summed E-state index contributed by atoms with van der Waals surface area (Å²) >= 11 is -2.26. The molecule has 7 aromatic rings. The van der Waals surface area contributed by atoms with Crippen molar-refractivity contribution < 1.29 is 85.3 Å². The maximum atomic E-state index is 12.8. The largest absolute Gasteiger partial charge is 1.00 e. The van der Waals surface area contributed by atoms with Crippen LogP contribution in [-0.4, -0.2) is 49.5 Å². The first kappa shape index (κ1) is 46.3. The van der Waals surface area contributed by atoms with Crippen molar-refractivity contribution >= 4 is 65.9 Å². The molecule has 0 saturated heterocycles. The van der Waals surface area contributed by atoms with E-state index in [1.807, 2.05) is 0 Å². The Morgan fingerprint density at radius 3 is 1.72 bits per heavy atom. The predicted octanol–water partition coefficient (Wildman–Crippen LogP) is 6.11. The van der Waals surface area contributed by atoms with E-state index in [0.717, 1.165) is 18.2 Å². The van der Waals surface area contributed by atoms with E-state index in [-0.39, 0.29) is 57.7 Å². The molecule has 0 bridgehead atoms. The number of nitrogens with one attached hydrogen (secondary N) is 1. The topological polar surface area (TPSA) is 256 Å². The van der Waals surface area contributed by atoms with Crippen LogP contribution in [0, 0.1) is 15.5 Å². The number of hydrogen-bond acceptors (Lipinski definition) is 11. The van der Waals surface area contributed by atoms with Gasteiger partial charge in [0.25, 0.3) is 5.69 Å². The van der Waals surface area contributed by atoms with Crippen LogP contribution in [0.15, 0.2) is 119 Å². The van der Waals surface area contributed by atoms with E-state index in [1.165, 1.54) is 29.1 Å². The van der Waals surface area contributed by atoms with Crippen molar-refractivity contribution in [3.63, 3.8) is 0 Å². The quantitative estimate of drug-likeness (QED) is 0.0198. The summed E-state index contributed by atoms with van der Waals surface area (Å²) < 4.78 is 93.8. The third-order valence-corrected chi connectivity index (χ3v) is 8.01. The molecule has 0 radical (unpaired) electrons. The van der Waals surface area contributed by atoms with Gasteiger partial charge in [-0.25, -0.2) is 4.21 Å². The SMILES string of the molecule is N=C(N)S(=O)O.O=[N+]([O-])c1cc(C(F)(F)F)ccc1N=Nc1ccc(O)c2ccccc12.Oc1ccc(-n2nc3ccc(C(F)(F)F)cc3n2)c2ccccc12.[Na+].[OH-]. The molecule has 1 atom stereocenters. The summed E-state index contributed by atoms with van der Waals surface area (Å²) in [5.41, 5.74) is 2.86. The molecule has 1 heterocycles. The van der Waals surface area contributed by atoms with Crippen LogP contribution in [0.3, 0.4) is 0 Å². The fraction of sp³-hybridized carbons (Fsp3) is 0.0571. The van der Waals surface area contributed by atoms with Gasteiger partial charge in [0.2, 0.25) is 16.2 Å². The Kier molecular flexibility index (Phi) is 15.1. The number of phenolic OH excluding ortho intramolecular Hbond substituents is 2. The number of amidine groups is 1. The number of fused-ring (bicyclic) bond motifs is 3. The van der Waals surface area contributed by atoms with Crippen LogP contribution in [0.1, 0.15) is 11.1 Å². The van der Waals surface area contributed by atoms with Crippen LogP contribution < -0.4 is 35.3 Å². The first-order valence-corrected chi connectivity index (χ1v) is 16.5. The minimum Gasteiger partial charge on any atom is -0.870 e. The molecule has 58 heavy (non-hydrogen) atoms. The van der Waals surface area contributed by atoms with Crippen LogP contribution in [-0.2, 0) is 23.4 Å². The number of aromatic nitrogens is 3. The average molecular weight is 839 g/mol. The van der Waals surface area contributed by atoms with E-state index in [2.05, 4.69) is 26.2 Å². The number of aromatic hydroxyl groups is 2. The fourth-order valence-corrected chi connectivity index (χ4v) is 5.03. The standard InChI is InChI=1S/C17H10F3N3O3.C17H10F3N3O.CH4N2O2S.Na.H2O/c18-17(19,20)10-5-6-14(15(9-10)23(25)26)22-21-13-7-8-16(24)12-4-2-1-3-11(12)13;18-17(19,20)10-5-6-13-14(9-10)22-23(21-13)15-7-8-16(24)12-4-2-1-3-11(12)15;2-1(3)6(4)5;;/h1-9,24H;1-9,24H;(H3,2,3)(H,4,5);;1H2/q;;;+1;/p-1. The molecule has 7 N–H and O–H groups in total. The predicted molar refractivity (Wildman–Crippen MR) is 196 cm³/mol. The van der Waals surface area contributed by atoms with E-state index in [1.54, 1.807) is 54.6 Å². The zero-order valence-corrected chi connectivity index (χ0v) is 32.2. The van der Waals surface area contributed by atoms with Crippen molar-refractivity contribution in [1.82, 2.24) is 15.0 Å². The second kappa shape index (κ2) is 18.9. The summed E-state index contributed by atoms with van der Waals surface area (Å²) in [7, 11) is 0. The van der Waals surface area contributed by atoms with Gasteiger partial charge >= 0.3 is 41.9 Å². The molecule has 0 amide bonds. The van der Waals surface area contributed by atoms with E-state index < -0.39 is 50.3 Å². The number of nitro benzene ring substituents is 1. The van der Waals surface area contributed by atoms with Crippen molar-refractivity contribution in [2.24, 2.45) is 16.0 Å². The van der Waals surface area contributed by atoms with Gasteiger partial charge in [0.05, 0.1) is 27.4 Å². The van der Waals surface area contributed by atoms with Gasteiger partial charge in [-0.2, -0.15) is 26.3 Å². The minimum atomic E-state index is -4.70. The monoisotopic (exact) mass is 838 g/mol. The van der Waals surface area contributed by atoms with Gasteiger partial charge in [-0.1, -0.05) is 48.5 Å². The Balaban J connectivity index is 0.000000265. The van der Waals surface area contributed by atoms with Crippen molar-refractivity contribution in [3.8, 4) is 17.2 Å². The molecule has 6 aromatic carbocycles. The van der Waals surface area contributed by atoms with Crippen LogP contribution >= 0.6 is 0 Å². The smallest absolute Gasteiger partial charge is 0.870 e. The van der Waals surface area contributed by atoms with Crippen LogP contribution in [0.25, 0.3) is 38.3 Å². The van der Waals surface area contributed by atoms with Gasteiger partial charge < -0.3 is 21.4 Å². The van der Waals surface area contributed by atoms with E-state index in [9.17, 15) is 50.9 Å². The summed E-state index contributed by atoms with van der Waals surface area (Å²) in [6.45, 7) is 0. The van der Waals surface area contributed by atoms with Gasteiger partial charge in [-0.15, -0.1) is 25.2 Å². The summed E-state index contributed by atoms with van der Waals surface area (Å²) in [6.07, 6.45) is -9.13. The van der Waals surface area contributed by atoms with Crippen molar-refractivity contribution in [1.29, 1.82) is 5.41 Å². The first-order valence-electron chi connectivity index (χ1n) is 15.4. The molecule has 0 saturated carbocycles. The van der Waals surface area contributed by atoms with E-state index >= 15 is 0 Å². The summed E-state index contributed by atoms with van der Waals surface area (Å²) in [6, 6.07) is 25.1. The number of phenols is 2.